The molecule has 2 nitrogen and oxygen atoms in total. The van der Waals surface area contributed by atoms with Crippen molar-refractivity contribution in [3.63, 3.8) is 0 Å². The molecule has 0 bridgehead atoms. The van der Waals surface area contributed by atoms with Crippen molar-refractivity contribution in [2.45, 2.75) is 6.10 Å². The maximum Gasteiger partial charge on any atom is 0.105 e. The van der Waals surface area contributed by atoms with Crippen LogP contribution in [0.4, 0.5) is 5.69 Å². The number of anilines is 1. The monoisotopic (exact) mass is 249 g/mol. The fraction of sp³-hybridized carbons (Fsp3) is 0.0588. The highest BCUT2D eigenvalue weighted by Gasteiger charge is 2.12. The van der Waals surface area contributed by atoms with Crippen LogP contribution >= 0.6 is 0 Å². The summed E-state index contributed by atoms with van der Waals surface area (Å²) in [4.78, 5) is 0. The number of rotatable bonds is 2. The highest BCUT2D eigenvalue weighted by atomic mass is 16.3. The van der Waals surface area contributed by atoms with E-state index in [1.807, 2.05) is 54.6 Å². The van der Waals surface area contributed by atoms with E-state index < -0.39 is 6.10 Å². The summed E-state index contributed by atoms with van der Waals surface area (Å²) in [6.45, 7) is 0. The van der Waals surface area contributed by atoms with Gasteiger partial charge >= 0.3 is 0 Å². The van der Waals surface area contributed by atoms with Crippen molar-refractivity contribution in [1.82, 2.24) is 0 Å². The Hall–Kier alpha value is -2.32. The zero-order chi connectivity index (χ0) is 13.2. The molecule has 0 aliphatic rings. The van der Waals surface area contributed by atoms with E-state index >= 15 is 0 Å². The molecule has 0 aliphatic carbocycles. The molecule has 0 saturated carbocycles. The average Bonchev–Trinajstić information content (AvgIpc) is 2.47. The zero-order valence-corrected chi connectivity index (χ0v) is 10.5. The van der Waals surface area contributed by atoms with Gasteiger partial charge in [-0.15, -0.1) is 0 Å². The normalized spacial score (nSPS) is 12.5. The van der Waals surface area contributed by atoms with Crippen LogP contribution in [0.1, 0.15) is 17.2 Å². The molecule has 0 aromatic heterocycles. The number of nitrogen functional groups attached to an aromatic ring is 1. The fourth-order valence-corrected chi connectivity index (χ4v) is 2.35. The third-order valence-corrected chi connectivity index (χ3v) is 3.37. The number of aliphatic hydroxyl groups excluding tert-OH is 1. The van der Waals surface area contributed by atoms with E-state index in [0.717, 1.165) is 21.9 Å². The zero-order valence-electron chi connectivity index (χ0n) is 10.5. The SMILES string of the molecule is Nc1ccc([C@H](O)c2cccc3ccccc23)cc1. The van der Waals surface area contributed by atoms with E-state index in [2.05, 4.69) is 12.1 Å². The van der Waals surface area contributed by atoms with Crippen LogP contribution in [0.3, 0.4) is 0 Å². The van der Waals surface area contributed by atoms with E-state index in [4.69, 9.17) is 5.73 Å². The van der Waals surface area contributed by atoms with Gasteiger partial charge in [-0.25, -0.2) is 0 Å². The fourth-order valence-electron chi connectivity index (χ4n) is 2.35. The quantitative estimate of drug-likeness (QED) is 0.683. The molecular weight excluding hydrogens is 234 g/mol. The second-order valence-electron chi connectivity index (χ2n) is 4.64. The second-order valence-corrected chi connectivity index (χ2v) is 4.64. The van der Waals surface area contributed by atoms with Crippen LogP contribution in [-0.2, 0) is 0 Å². The van der Waals surface area contributed by atoms with Gasteiger partial charge in [-0.3, -0.25) is 0 Å². The van der Waals surface area contributed by atoms with Gasteiger partial charge in [0, 0.05) is 5.69 Å². The average molecular weight is 249 g/mol. The lowest BCUT2D eigenvalue weighted by atomic mass is 9.96. The predicted molar refractivity (Wildman–Crippen MR) is 78.9 cm³/mol. The van der Waals surface area contributed by atoms with Gasteiger partial charge in [0.25, 0.3) is 0 Å². The lowest BCUT2D eigenvalue weighted by Crippen LogP contribution is -2.00. The summed E-state index contributed by atoms with van der Waals surface area (Å²) < 4.78 is 0. The Bertz CT molecular complexity index is 699. The van der Waals surface area contributed by atoms with Crippen LogP contribution in [0, 0.1) is 0 Å². The standard InChI is InChI=1S/C17H15NO/c18-14-10-8-13(9-11-14)17(19)16-7-3-5-12-4-1-2-6-15(12)16/h1-11,17,19H,18H2/t17-/m0/s1. The predicted octanol–water partition coefficient (Wildman–Crippen LogP) is 3.50. The Kier molecular flexibility index (Phi) is 2.94. The molecule has 3 aromatic rings. The number of benzene rings is 3. The summed E-state index contributed by atoms with van der Waals surface area (Å²) in [6, 6.07) is 21.4. The van der Waals surface area contributed by atoms with Crippen LogP contribution in [0.2, 0.25) is 0 Å². The lowest BCUT2D eigenvalue weighted by Gasteiger charge is -2.14. The van der Waals surface area contributed by atoms with Gasteiger partial charge in [0.1, 0.15) is 6.10 Å². The molecule has 1 atom stereocenters. The van der Waals surface area contributed by atoms with Crippen molar-refractivity contribution in [2.24, 2.45) is 0 Å². The summed E-state index contributed by atoms with van der Waals surface area (Å²) in [6.07, 6.45) is -0.633. The largest absolute Gasteiger partial charge is 0.399 e. The summed E-state index contributed by atoms with van der Waals surface area (Å²) in [5.74, 6) is 0. The topological polar surface area (TPSA) is 46.2 Å². The minimum absolute atomic E-state index is 0.633. The first-order valence-electron chi connectivity index (χ1n) is 6.27. The Morgan fingerprint density at radius 2 is 1.47 bits per heavy atom. The minimum Gasteiger partial charge on any atom is -0.399 e. The highest BCUT2D eigenvalue weighted by molar-refractivity contribution is 5.86. The molecule has 0 saturated heterocycles. The van der Waals surface area contributed by atoms with Crippen LogP contribution in [0.25, 0.3) is 10.8 Å². The van der Waals surface area contributed by atoms with E-state index in [1.54, 1.807) is 0 Å². The van der Waals surface area contributed by atoms with Crippen molar-refractivity contribution >= 4 is 16.5 Å². The first-order chi connectivity index (χ1) is 9.25. The Labute approximate surface area is 112 Å². The van der Waals surface area contributed by atoms with Crippen molar-refractivity contribution in [3.8, 4) is 0 Å². The number of aliphatic hydroxyl groups is 1. The Morgan fingerprint density at radius 3 is 2.26 bits per heavy atom. The smallest absolute Gasteiger partial charge is 0.105 e. The number of fused-ring (bicyclic) bond motifs is 1. The van der Waals surface area contributed by atoms with E-state index in [9.17, 15) is 5.11 Å². The third-order valence-electron chi connectivity index (χ3n) is 3.37. The summed E-state index contributed by atoms with van der Waals surface area (Å²) >= 11 is 0. The molecule has 0 radical (unpaired) electrons. The first kappa shape index (κ1) is 11.8. The van der Waals surface area contributed by atoms with Gasteiger partial charge in [-0.1, -0.05) is 54.6 Å². The number of hydrogen-bond acceptors (Lipinski definition) is 2. The highest BCUT2D eigenvalue weighted by Crippen LogP contribution is 2.29. The van der Waals surface area contributed by atoms with Gasteiger partial charge in [0.15, 0.2) is 0 Å². The van der Waals surface area contributed by atoms with Crippen LogP contribution in [0.15, 0.2) is 66.7 Å². The molecule has 3 aromatic carbocycles. The third kappa shape index (κ3) is 2.18. The summed E-state index contributed by atoms with van der Waals surface area (Å²) in [5.41, 5.74) is 8.15. The van der Waals surface area contributed by atoms with Crippen molar-refractivity contribution in [3.05, 3.63) is 77.9 Å². The van der Waals surface area contributed by atoms with Crippen molar-refractivity contribution in [2.75, 3.05) is 5.73 Å². The molecule has 0 fully saturated rings. The molecule has 0 unspecified atom stereocenters. The van der Waals surface area contributed by atoms with Gasteiger partial charge in [-0.2, -0.15) is 0 Å². The molecule has 3 rings (SSSR count). The maximum absolute atomic E-state index is 10.5. The Balaban J connectivity index is 2.11. The maximum atomic E-state index is 10.5. The Morgan fingerprint density at radius 1 is 0.789 bits per heavy atom. The minimum atomic E-state index is -0.633. The number of nitrogens with two attached hydrogens (primary N) is 1. The van der Waals surface area contributed by atoms with Gasteiger partial charge in [0.05, 0.1) is 0 Å². The molecule has 3 N–H and O–H groups in total. The second kappa shape index (κ2) is 4.75. The van der Waals surface area contributed by atoms with E-state index in [1.165, 1.54) is 0 Å². The molecule has 0 heterocycles. The van der Waals surface area contributed by atoms with Gasteiger partial charge < -0.3 is 10.8 Å². The van der Waals surface area contributed by atoms with Crippen LogP contribution < -0.4 is 5.73 Å². The van der Waals surface area contributed by atoms with E-state index in [-0.39, 0.29) is 0 Å². The summed E-state index contributed by atoms with van der Waals surface area (Å²) in [7, 11) is 0. The molecule has 0 spiro atoms. The van der Waals surface area contributed by atoms with Gasteiger partial charge in [-0.05, 0) is 34.0 Å². The summed E-state index contributed by atoms with van der Waals surface area (Å²) in [5, 5.41) is 12.8. The first-order valence-corrected chi connectivity index (χ1v) is 6.27. The van der Waals surface area contributed by atoms with Crippen LogP contribution in [0.5, 0.6) is 0 Å². The molecule has 0 amide bonds. The van der Waals surface area contributed by atoms with Crippen molar-refractivity contribution < 1.29 is 5.11 Å². The molecule has 94 valence electrons. The van der Waals surface area contributed by atoms with E-state index in [0.29, 0.717) is 5.69 Å². The molecule has 0 aliphatic heterocycles. The molecular formula is C17H15NO. The van der Waals surface area contributed by atoms with Crippen LogP contribution in [-0.4, -0.2) is 5.11 Å². The number of hydrogen-bond donors (Lipinski definition) is 2. The van der Waals surface area contributed by atoms with Gasteiger partial charge in [0.2, 0.25) is 0 Å². The van der Waals surface area contributed by atoms with Crippen molar-refractivity contribution in [1.29, 1.82) is 0 Å². The molecule has 2 heteroatoms. The lowest BCUT2D eigenvalue weighted by molar-refractivity contribution is 0.222. The molecule has 19 heavy (non-hydrogen) atoms.